The molecule has 0 aromatic heterocycles. The van der Waals surface area contributed by atoms with E-state index in [9.17, 15) is 14.4 Å². The van der Waals surface area contributed by atoms with Crippen LogP contribution in [0.5, 0.6) is 0 Å². The van der Waals surface area contributed by atoms with Crippen molar-refractivity contribution in [1.82, 2.24) is 0 Å². The van der Waals surface area contributed by atoms with Crippen molar-refractivity contribution in [2.45, 2.75) is 354 Å². The summed E-state index contributed by atoms with van der Waals surface area (Å²) in [5.41, 5.74) is 0. The van der Waals surface area contributed by atoms with Gasteiger partial charge in [0.05, 0.1) is 0 Å². The number of carbonyl (C=O) groups is 3. The van der Waals surface area contributed by atoms with Crippen molar-refractivity contribution in [2.24, 2.45) is 0 Å². The van der Waals surface area contributed by atoms with Crippen molar-refractivity contribution in [1.29, 1.82) is 0 Å². The van der Waals surface area contributed by atoms with E-state index in [2.05, 4.69) is 118 Å². The second-order valence-corrected chi connectivity index (χ2v) is 23.4. The summed E-state index contributed by atoms with van der Waals surface area (Å²) >= 11 is 0. The van der Waals surface area contributed by atoms with Crippen LogP contribution in [0.25, 0.3) is 0 Å². The number of rotatable bonds is 64. The molecule has 0 aromatic carbocycles. The van der Waals surface area contributed by atoms with E-state index in [1.807, 2.05) is 0 Å². The van der Waals surface area contributed by atoms with Crippen LogP contribution in [0.1, 0.15) is 348 Å². The summed E-state index contributed by atoms with van der Waals surface area (Å²) in [5.74, 6) is -0.888. The second-order valence-electron chi connectivity index (χ2n) is 23.4. The SMILES string of the molecule is CC/C=C\C/C=C\C/C=C\C/C=C\CCCCCCCCCCCCCCCCCCCCC(=O)OCC(COC(=O)CCCCCCC/C=C\C/C=C\CCCCC)OC(=O)CCCCCCCCC/C=C\C/C=C\CCCCCC. The first-order chi connectivity index (χ1) is 40.5. The van der Waals surface area contributed by atoms with E-state index in [0.29, 0.717) is 19.3 Å². The van der Waals surface area contributed by atoms with Gasteiger partial charge in [0.1, 0.15) is 13.2 Å². The topological polar surface area (TPSA) is 78.9 Å². The summed E-state index contributed by atoms with van der Waals surface area (Å²) in [6, 6.07) is 0. The van der Waals surface area contributed by atoms with Crippen LogP contribution in [0.15, 0.2) is 97.2 Å². The Morgan fingerprint density at radius 2 is 0.476 bits per heavy atom. The molecular weight excluding hydrogens is 1010 g/mol. The Morgan fingerprint density at radius 3 is 0.768 bits per heavy atom. The Bertz CT molecular complexity index is 1590. The highest BCUT2D eigenvalue weighted by Crippen LogP contribution is 2.17. The number of hydrogen-bond donors (Lipinski definition) is 0. The summed E-state index contributed by atoms with van der Waals surface area (Å²) in [6.07, 6.45) is 94.3. The van der Waals surface area contributed by atoms with Crippen molar-refractivity contribution in [3.8, 4) is 0 Å². The van der Waals surface area contributed by atoms with Gasteiger partial charge in [0, 0.05) is 19.3 Å². The zero-order chi connectivity index (χ0) is 59.2. The van der Waals surface area contributed by atoms with Gasteiger partial charge < -0.3 is 14.2 Å². The van der Waals surface area contributed by atoms with Gasteiger partial charge in [-0.1, -0.05) is 304 Å². The Morgan fingerprint density at radius 1 is 0.256 bits per heavy atom. The molecule has 0 heterocycles. The smallest absolute Gasteiger partial charge is 0.306 e. The number of unbranched alkanes of at least 4 members (excludes halogenated alkanes) is 37. The zero-order valence-electron chi connectivity index (χ0n) is 54.2. The predicted molar refractivity (Wildman–Crippen MR) is 357 cm³/mol. The zero-order valence-corrected chi connectivity index (χ0v) is 54.2. The molecule has 0 aliphatic rings. The molecule has 0 radical (unpaired) electrons. The maximum atomic E-state index is 12.9. The molecule has 0 saturated heterocycles. The summed E-state index contributed by atoms with van der Waals surface area (Å²) in [4.78, 5) is 38.4. The van der Waals surface area contributed by atoms with Crippen LogP contribution in [-0.4, -0.2) is 37.2 Å². The van der Waals surface area contributed by atoms with Gasteiger partial charge >= 0.3 is 17.9 Å². The molecule has 472 valence electrons. The van der Waals surface area contributed by atoms with E-state index in [4.69, 9.17) is 14.2 Å². The van der Waals surface area contributed by atoms with Gasteiger partial charge in [-0.15, -0.1) is 0 Å². The van der Waals surface area contributed by atoms with E-state index in [1.165, 1.54) is 193 Å². The van der Waals surface area contributed by atoms with Crippen molar-refractivity contribution in [3.63, 3.8) is 0 Å². The van der Waals surface area contributed by atoms with Gasteiger partial charge in [0.2, 0.25) is 0 Å². The highest BCUT2D eigenvalue weighted by molar-refractivity contribution is 5.71. The molecule has 0 aliphatic heterocycles. The largest absolute Gasteiger partial charge is 0.462 e. The van der Waals surface area contributed by atoms with Crippen LogP contribution < -0.4 is 0 Å². The van der Waals surface area contributed by atoms with Gasteiger partial charge in [0.25, 0.3) is 0 Å². The van der Waals surface area contributed by atoms with Crippen molar-refractivity contribution < 1.29 is 28.6 Å². The molecule has 0 rings (SSSR count). The van der Waals surface area contributed by atoms with Gasteiger partial charge in [-0.05, 0) is 122 Å². The molecule has 1 unspecified atom stereocenters. The maximum Gasteiger partial charge on any atom is 0.306 e. The van der Waals surface area contributed by atoms with E-state index >= 15 is 0 Å². The van der Waals surface area contributed by atoms with E-state index in [0.717, 1.165) is 116 Å². The molecule has 82 heavy (non-hydrogen) atoms. The third-order valence-corrected chi connectivity index (χ3v) is 15.3. The Labute approximate surface area is 508 Å². The quantitative estimate of drug-likeness (QED) is 0.0261. The maximum absolute atomic E-state index is 12.9. The minimum absolute atomic E-state index is 0.0822. The van der Waals surface area contributed by atoms with Crippen LogP contribution >= 0.6 is 0 Å². The average Bonchev–Trinajstić information content (AvgIpc) is 3.47. The molecule has 0 spiro atoms. The number of ether oxygens (including phenoxy) is 3. The standard InChI is InChI=1S/C76H132O6/c1-4-7-10-13-16-19-22-25-28-30-32-33-34-35-36-37-38-39-40-41-42-43-44-46-48-51-54-57-60-63-66-69-75(78)81-72-73(71-80-74(77)68-65-62-59-56-53-50-47-27-24-21-18-15-12-9-6-3)82-76(79)70-67-64-61-58-55-52-49-45-31-29-26-23-20-17-14-11-8-5-2/h7,10,16,18-21,23,25,27-29,31-33,47,73H,4-6,8-9,11-15,17,22,24,26,30,34-46,48-72H2,1-3H3/b10-7-,19-16-,21-18-,23-20-,28-25-,31-29-,33-32-,47-27-. The average molecular weight is 1140 g/mol. The fourth-order valence-corrected chi connectivity index (χ4v) is 10.0. The van der Waals surface area contributed by atoms with Crippen LogP contribution in [0.2, 0.25) is 0 Å². The summed E-state index contributed by atoms with van der Waals surface area (Å²) in [6.45, 7) is 6.51. The van der Waals surface area contributed by atoms with Crippen LogP contribution in [-0.2, 0) is 28.6 Å². The molecule has 0 amide bonds. The summed E-state index contributed by atoms with van der Waals surface area (Å²) in [5, 5.41) is 0. The molecule has 0 fully saturated rings. The highest BCUT2D eigenvalue weighted by atomic mass is 16.6. The second kappa shape index (κ2) is 69.8. The van der Waals surface area contributed by atoms with E-state index in [-0.39, 0.29) is 31.1 Å². The van der Waals surface area contributed by atoms with Crippen molar-refractivity contribution in [2.75, 3.05) is 13.2 Å². The molecule has 6 heteroatoms. The predicted octanol–water partition coefficient (Wildman–Crippen LogP) is 24.4. The minimum Gasteiger partial charge on any atom is -0.462 e. The van der Waals surface area contributed by atoms with Crippen molar-refractivity contribution in [3.05, 3.63) is 97.2 Å². The van der Waals surface area contributed by atoms with E-state index < -0.39 is 6.10 Å². The van der Waals surface area contributed by atoms with Crippen LogP contribution in [0.3, 0.4) is 0 Å². The first-order valence-corrected chi connectivity index (χ1v) is 35.2. The summed E-state index contributed by atoms with van der Waals surface area (Å²) < 4.78 is 17.0. The van der Waals surface area contributed by atoms with Crippen molar-refractivity contribution >= 4 is 17.9 Å². The molecule has 0 N–H and O–H groups in total. The molecule has 0 aromatic rings. The fraction of sp³-hybridized carbons (Fsp3) is 0.750. The van der Waals surface area contributed by atoms with Gasteiger partial charge in [-0.25, -0.2) is 0 Å². The molecule has 6 nitrogen and oxygen atoms in total. The monoisotopic (exact) mass is 1140 g/mol. The lowest BCUT2D eigenvalue weighted by Gasteiger charge is -2.18. The molecule has 0 saturated carbocycles. The fourth-order valence-electron chi connectivity index (χ4n) is 10.0. The minimum atomic E-state index is -0.788. The molecule has 0 bridgehead atoms. The molecular formula is C76H132O6. The number of esters is 3. The third-order valence-electron chi connectivity index (χ3n) is 15.3. The first-order valence-electron chi connectivity index (χ1n) is 35.2. The number of carbonyl (C=O) groups excluding carboxylic acids is 3. The Kier molecular flexibility index (Phi) is 66.7. The third kappa shape index (κ3) is 67.1. The lowest BCUT2D eigenvalue weighted by Crippen LogP contribution is -2.30. The normalized spacial score (nSPS) is 12.7. The summed E-state index contributed by atoms with van der Waals surface area (Å²) in [7, 11) is 0. The Balaban J connectivity index is 4.24. The number of hydrogen-bond acceptors (Lipinski definition) is 6. The van der Waals surface area contributed by atoms with Gasteiger partial charge in [-0.3, -0.25) is 14.4 Å². The lowest BCUT2D eigenvalue weighted by molar-refractivity contribution is -0.167. The van der Waals surface area contributed by atoms with Crippen LogP contribution in [0.4, 0.5) is 0 Å². The van der Waals surface area contributed by atoms with Gasteiger partial charge in [0.15, 0.2) is 6.10 Å². The lowest BCUT2D eigenvalue weighted by atomic mass is 10.0. The first kappa shape index (κ1) is 78.3. The highest BCUT2D eigenvalue weighted by Gasteiger charge is 2.19. The molecule has 1 atom stereocenters. The Hall–Kier alpha value is -3.67. The van der Waals surface area contributed by atoms with Gasteiger partial charge in [-0.2, -0.15) is 0 Å². The van der Waals surface area contributed by atoms with Crippen LogP contribution in [0, 0.1) is 0 Å². The number of allylic oxidation sites excluding steroid dienone is 16. The molecule has 0 aliphatic carbocycles. The van der Waals surface area contributed by atoms with E-state index in [1.54, 1.807) is 0 Å².